The van der Waals surface area contributed by atoms with E-state index in [2.05, 4.69) is 10.1 Å². The van der Waals surface area contributed by atoms with Crippen LogP contribution in [0.4, 0.5) is 0 Å². The van der Waals surface area contributed by atoms with Crippen molar-refractivity contribution in [2.75, 3.05) is 0 Å². The highest BCUT2D eigenvalue weighted by Crippen LogP contribution is 2.24. The number of benzene rings is 1. The van der Waals surface area contributed by atoms with E-state index in [1.54, 1.807) is 20.8 Å². The molecule has 1 aromatic heterocycles. The minimum Gasteiger partial charge on any atom is -0.478 e. The van der Waals surface area contributed by atoms with Gasteiger partial charge in [-0.3, -0.25) is 0 Å². The molecule has 2 aromatic rings. The standard InChI is InChI=1S/C13H14N2O5S/c1-7-4-10(13(16)17)5-11(8(7)2)21(18,19)6-12-14-9(3)15-20-12/h4-5H,6H2,1-3H3,(H,16,17). The lowest BCUT2D eigenvalue weighted by Crippen LogP contribution is -2.10. The number of aryl methyl sites for hydroxylation is 2. The van der Waals surface area contributed by atoms with E-state index in [4.69, 9.17) is 9.63 Å². The van der Waals surface area contributed by atoms with Crippen LogP contribution < -0.4 is 0 Å². The lowest BCUT2D eigenvalue weighted by molar-refractivity contribution is 0.0696. The second kappa shape index (κ2) is 5.28. The molecule has 2 rings (SSSR count). The van der Waals surface area contributed by atoms with Crippen LogP contribution in [0.5, 0.6) is 0 Å². The molecule has 0 aliphatic heterocycles. The number of aromatic carboxylic acids is 1. The highest BCUT2D eigenvalue weighted by atomic mass is 32.2. The summed E-state index contributed by atoms with van der Waals surface area (Å²) in [4.78, 5) is 14.9. The number of nitrogens with zero attached hydrogens (tertiary/aromatic N) is 2. The molecule has 0 saturated carbocycles. The number of carboxylic acid groups (broad SMARTS) is 1. The average molecular weight is 310 g/mol. The molecule has 1 N–H and O–H groups in total. The summed E-state index contributed by atoms with van der Waals surface area (Å²) < 4.78 is 29.7. The fourth-order valence-corrected chi connectivity index (χ4v) is 3.44. The Kier molecular flexibility index (Phi) is 3.82. The molecule has 0 aliphatic rings. The Balaban J connectivity index is 2.51. The lowest BCUT2D eigenvalue weighted by Gasteiger charge is -2.10. The zero-order valence-corrected chi connectivity index (χ0v) is 12.6. The van der Waals surface area contributed by atoms with Gasteiger partial charge in [-0.2, -0.15) is 4.98 Å². The number of carboxylic acids is 1. The van der Waals surface area contributed by atoms with Gasteiger partial charge in [0.2, 0.25) is 5.89 Å². The summed E-state index contributed by atoms with van der Waals surface area (Å²) in [5.74, 6) is -1.32. The van der Waals surface area contributed by atoms with Gasteiger partial charge in [0.25, 0.3) is 0 Å². The van der Waals surface area contributed by atoms with Gasteiger partial charge in [-0.05, 0) is 44.0 Å². The zero-order valence-electron chi connectivity index (χ0n) is 11.7. The van der Waals surface area contributed by atoms with Crippen LogP contribution in [0.15, 0.2) is 21.6 Å². The normalized spacial score (nSPS) is 11.6. The minimum absolute atomic E-state index is 0.0229. The Hall–Kier alpha value is -2.22. The number of rotatable bonds is 4. The van der Waals surface area contributed by atoms with Crippen molar-refractivity contribution in [2.24, 2.45) is 0 Å². The molecular formula is C13H14N2O5S. The van der Waals surface area contributed by atoms with E-state index >= 15 is 0 Å². The summed E-state index contributed by atoms with van der Waals surface area (Å²) in [7, 11) is -3.77. The molecule has 7 nitrogen and oxygen atoms in total. The van der Waals surface area contributed by atoms with Crippen LogP contribution in [0, 0.1) is 20.8 Å². The van der Waals surface area contributed by atoms with Crippen molar-refractivity contribution >= 4 is 15.8 Å². The van der Waals surface area contributed by atoms with Gasteiger partial charge in [0.05, 0.1) is 10.5 Å². The Morgan fingerprint density at radius 2 is 1.95 bits per heavy atom. The molecule has 0 atom stereocenters. The molecule has 21 heavy (non-hydrogen) atoms. The first-order valence-electron chi connectivity index (χ1n) is 6.07. The highest BCUT2D eigenvalue weighted by Gasteiger charge is 2.23. The van der Waals surface area contributed by atoms with Gasteiger partial charge < -0.3 is 9.63 Å². The van der Waals surface area contributed by atoms with E-state index in [0.717, 1.165) is 6.07 Å². The fraction of sp³-hybridized carbons (Fsp3) is 0.308. The molecule has 0 unspecified atom stereocenters. The van der Waals surface area contributed by atoms with Crippen LogP contribution in [0.2, 0.25) is 0 Å². The van der Waals surface area contributed by atoms with Crippen molar-refractivity contribution < 1.29 is 22.8 Å². The topological polar surface area (TPSA) is 110 Å². The first-order chi connectivity index (χ1) is 9.70. The van der Waals surface area contributed by atoms with Crippen molar-refractivity contribution in [3.05, 3.63) is 40.5 Å². The van der Waals surface area contributed by atoms with E-state index in [9.17, 15) is 13.2 Å². The molecule has 8 heteroatoms. The lowest BCUT2D eigenvalue weighted by atomic mass is 10.1. The van der Waals surface area contributed by atoms with Gasteiger partial charge in [0.1, 0.15) is 5.75 Å². The van der Waals surface area contributed by atoms with Crippen LogP contribution in [0.3, 0.4) is 0 Å². The average Bonchev–Trinajstić information content (AvgIpc) is 2.76. The molecule has 0 fully saturated rings. The van der Waals surface area contributed by atoms with Crippen molar-refractivity contribution in [3.8, 4) is 0 Å². The molecule has 0 radical (unpaired) electrons. The number of hydrogen-bond donors (Lipinski definition) is 1. The van der Waals surface area contributed by atoms with E-state index in [-0.39, 0.29) is 16.3 Å². The predicted molar refractivity (Wildman–Crippen MR) is 72.8 cm³/mol. The molecule has 0 bridgehead atoms. The summed E-state index contributed by atoms with van der Waals surface area (Å²) in [6, 6.07) is 2.59. The maximum Gasteiger partial charge on any atom is 0.335 e. The Labute approximate surface area is 121 Å². The number of sulfone groups is 1. The van der Waals surface area contributed by atoms with Crippen molar-refractivity contribution in [1.82, 2.24) is 10.1 Å². The van der Waals surface area contributed by atoms with Gasteiger partial charge in [-0.15, -0.1) is 0 Å². The van der Waals surface area contributed by atoms with Crippen molar-refractivity contribution in [3.63, 3.8) is 0 Å². The quantitative estimate of drug-likeness (QED) is 0.914. The van der Waals surface area contributed by atoms with Crippen molar-refractivity contribution in [1.29, 1.82) is 0 Å². The maximum atomic E-state index is 12.4. The van der Waals surface area contributed by atoms with Crippen LogP contribution in [-0.2, 0) is 15.6 Å². The molecule has 0 amide bonds. The molecule has 0 saturated heterocycles. The van der Waals surface area contributed by atoms with Gasteiger partial charge in [-0.1, -0.05) is 5.16 Å². The Bertz CT molecular complexity index is 808. The van der Waals surface area contributed by atoms with Crippen LogP contribution in [0.25, 0.3) is 0 Å². The van der Waals surface area contributed by atoms with E-state index < -0.39 is 21.6 Å². The van der Waals surface area contributed by atoms with Gasteiger partial charge in [0, 0.05) is 0 Å². The van der Waals surface area contributed by atoms with Crippen LogP contribution >= 0.6 is 0 Å². The third-order valence-corrected chi connectivity index (χ3v) is 4.81. The monoisotopic (exact) mass is 310 g/mol. The third kappa shape index (κ3) is 3.10. The smallest absolute Gasteiger partial charge is 0.335 e. The fourth-order valence-electron chi connectivity index (χ4n) is 1.91. The zero-order chi connectivity index (χ0) is 15.8. The highest BCUT2D eigenvalue weighted by molar-refractivity contribution is 7.90. The van der Waals surface area contributed by atoms with Gasteiger partial charge >= 0.3 is 5.97 Å². The van der Waals surface area contributed by atoms with E-state index in [0.29, 0.717) is 17.0 Å². The third-order valence-electron chi connectivity index (χ3n) is 3.08. The maximum absolute atomic E-state index is 12.4. The van der Waals surface area contributed by atoms with E-state index in [1.807, 2.05) is 0 Å². The Morgan fingerprint density at radius 3 is 2.48 bits per heavy atom. The van der Waals surface area contributed by atoms with Gasteiger partial charge in [0.15, 0.2) is 15.7 Å². The SMILES string of the molecule is Cc1noc(CS(=O)(=O)c2cc(C(=O)O)cc(C)c2C)n1. The number of carbonyl (C=O) groups is 1. The molecular weight excluding hydrogens is 296 g/mol. The van der Waals surface area contributed by atoms with Crippen molar-refractivity contribution in [2.45, 2.75) is 31.4 Å². The molecule has 1 heterocycles. The molecule has 0 spiro atoms. The molecule has 1 aromatic carbocycles. The first kappa shape index (κ1) is 15.2. The second-order valence-electron chi connectivity index (χ2n) is 4.72. The summed E-state index contributed by atoms with van der Waals surface area (Å²) in [5.41, 5.74) is 1.03. The van der Waals surface area contributed by atoms with Crippen LogP contribution in [-0.4, -0.2) is 29.6 Å². The summed E-state index contributed by atoms with van der Waals surface area (Å²) in [5, 5.41) is 12.6. The molecule has 0 aliphatic carbocycles. The van der Waals surface area contributed by atoms with Crippen LogP contribution in [0.1, 0.15) is 33.2 Å². The second-order valence-corrected chi connectivity index (χ2v) is 6.67. The Morgan fingerprint density at radius 1 is 1.29 bits per heavy atom. The first-order valence-corrected chi connectivity index (χ1v) is 7.72. The van der Waals surface area contributed by atoms with Gasteiger partial charge in [-0.25, -0.2) is 13.2 Å². The summed E-state index contributed by atoms with van der Waals surface area (Å²) in [6.07, 6.45) is 0. The minimum atomic E-state index is -3.77. The molecule has 112 valence electrons. The van der Waals surface area contributed by atoms with E-state index in [1.165, 1.54) is 6.07 Å². The number of aromatic nitrogens is 2. The summed E-state index contributed by atoms with van der Waals surface area (Å²) in [6.45, 7) is 4.88. The number of hydrogen-bond acceptors (Lipinski definition) is 6. The summed E-state index contributed by atoms with van der Waals surface area (Å²) >= 11 is 0. The predicted octanol–water partition coefficient (Wildman–Crippen LogP) is 1.67. The largest absolute Gasteiger partial charge is 0.478 e.